The van der Waals surface area contributed by atoms with E-state index in [0.29, 0.717) is 11.9 Å². The summed E-state index contributed by atoms with van der Waals surface area (Å²) in [5.74, 6) is 0. The molecular formula is C14H13N3O4S2. The highest BCUT2D eigenvalue weighted by Gasteiger charge is 2.14. The Kier molecular flexibility index (Phi) is 4.16. The molecule has 3 aromatic rings. The van der Waals surface area contributed by atoms with Gasteiger partial charge in [-0.25, -0.2) is 13.1 Å². The molecule has 2 aromatic heterocycles. The molecule has 0 saturated heterocycles. The average molecular weight is 351 g/mol. The molecule has 0 aliphatic heterocycles. The van der Waals surface area contributed by atoms with Gasteiger partial charge >= 0.3 is 11.1 Å². The second kappa shape index (κ2) is 6.11. The van der Waals surface area contributed by atoms with Crippen LogP contribution in [0.15, 0.2) is 50.2 Å². The molecule has 7 nitrogen and oxygen atoms in total. The number of hydrogen-bond donors (Lipinski definition) is 3. The lowest BCUT2D eigenvalue weighted by molar-refractivity contribution is 0.582. The Hall–Kier alpha value is -2.23. The summed E-state index contributed by atoms with van der Waals surface area (Å²) in [4.78, 5) is 28.4. The first-order valence-corrected chi connectivity index (χ1v) is 9.10. The van der Waals surface area contributed by atoms with E-state index < -0.39 is 21.1 Å². The molecule has 0 radical (unpaired) electrons. The molecule has 0 fully saturated rings. The summed E-state index contributed by atoms with van der Waals surface area (Å²) in [6.07, 6.45) is 0.606. The number of sulfonamides is 1. The first kappa shape index (κ1) is 15.7. The van der Waals surface area contributed by atoms with E-state index in [2.05, 4.69) is 14.7 Å². The number of thiophene rings is 1. The van der Waals surface area contributed by atoms with Gasteiger partial charge in [-0.3, -0.25) is 9.59 Å². The van der Waals surface area contributed by atoms with Crippen LogP contribution in [0.3, 0.4) is 0 Å². The van der Waals surface area contributed by atoms with E-state index in [0.717, 1.165) is 4.88 Å². The van der Waals surface area contributed by atoms with Gasteiger partial charge in [0, 0.05) is 11.4 Å². The van der Waals surface area contributed by atoms with Crippen molar-refractivity contribution in [2.75, 3.05) is 6.54 Å². The predicted molar refractivity (Wildman–Crippen MR) is 88.4 cm³/mol. The van der Waals surface area contributed by atoms with Gasteiger partial charge in [0.25, 0.3) is 0 Å². The van der Waals surface area contributed by atoms with Crippen LogP contribution in [0.5, 0.6) is 0 Å². The van der Waals surface area contributed by atoms with E-state index in [4.69, 9.17) is 0 Å². The maximum absolute atomic E-state index is 12.3. The summed E-state index contributed by atoms with van der Waals surface area (Å²) in [7, 11) is -3.69. The molecule has 0 aliphatic rings. The molecule has 0 aliphatic carbocycles. The number of benzene rings is 1. The van der Waals surface area contributed by atoms with E-state index in [1.54, 1.807) is 11.3 Å². The Bertz CT molecular complexity index is 1050. The molecule has 1 aromatic carbocycles. The van der Waals surface area contributed by atoms with Crippen LogP contribution in [0.25, 0.3) is 11.0 Å². The predicted octanol–water partition coefficient (Wildman–Crippen LogP) is 0.799. The third kappa shape index (κ3) is 3.41. The number of rotatable bonds is 5. The molecule has 9 heteroatoms. The van der Waals surface area contributed by atoms with Crippen LogP contribution in [0.2, 0.25) is 0 Å². The van der Waals surface area contributed by atoms with Gasteiger partial charge in [-0.2, -0.15) is 0 Å². The van der Waals surface area contributed by atoms with E-state index in [1.165, 1.54) is 18.2 Å². The van der Waals surface area contributed by atoms with Crippen molar-refractivity contribution in [3.8, 4) is 0 Å². The molecule has 0 amide bonds. The highest BCUT2D eigenvalue weighted by Crippen LogP contribution is 2.14. The monoisotopic (exact) mass is 351 g/mol. The molecular weight excluding hydrogens is 338 g/mol. The van der Waals surface area contributed by atoms with Gasteiger partial charge in [0.1, 0.15) is 0 Å². The van der Waals surface area contributed by atoms with Gasteiger partial charge in [-0.15, -0.1) is 11.3 Å². The summed E-state index contributed by atoms with van der Waals surface area (Å²) in [6, 6.07) is 8.00. The van der Waals surface area contributed by atoms with Gasteiger partial charge in [-0.1, -0.05) is 6.07 Å². The highest BCUT2D eigenvalue weighted by molar-refractivity contribution is 7.89. The molecule has 2 heterocycles. The smallest absolute Gasteiger partial charge is 0.314 e. The normalized spacial score (nSPS) is 11.8. The van der Waals surface area contributed by atoms with Crippen LogP contribution in [0.4, 0.5) is 0 Å². The molecule has 0 atom stereocenters. The SMILES string of the molecule is O=c1[nH]c2ccc(S(=O)(=O)NCCc3cccs3)cc2[nH]c1=O. The zero-order valence-electron chi connectivity index (χ0n) is 11.8. The first-order valence-electron chi connectivity index (χ1n) is 6.74. The minimum Gasteiger partial charge on any atom is -0.316 e. The van der Waals surface area contributed by atoms with Gasteiger partial charge in [0.05, 0.1) is 15.9 Å². The Morgan fingerprint density at radius 1 is 1.04 bits per heavy atom. The average Bonchev–Trinajstić information content (AvgIpc) is 3.01. The zero-order valence-corrected chi connectivity index (χ0v) is 13.5. The maximum atomic E-state index is 12.3. The highest BCUT2D eigenvalue weighted by atomic mass is 32.2. The number of aromatic amines is 2. The van der Waals surface area contributed by atoms with E-state index in [1.807, 2.05) is 17.5 Å². The van der Waals surface area contributed by atoms with Crippen molar-refractivity contribution in [3.05, 3.63) is 61.3 Å². The van der Waals surface area contributed by atoms with Crippen LogP contribution >= 0.6 is 11.3 Å². The lowest BCUT2D eigenvalue weighted by atomic mass is 10.3. The molecule has 0 unspecified atom stereocenters. The van der Waals surface area contributed by atoms with Crippen LogP contribution in [0.1, 0.15) is 4.88 Å². The fraction of sp³-hybridized carbons (Fsp3) is 0.143. The van der Waals surface area contributed by atoms with Crippen molar-refractivity contribution in [2.45, 2.75) is 11.3 Å². The minimum atomic E-state index is -3.69. The fourth-order valence-electron chi connectivity index (χ4n) is 2.11. The largest absolute Gasteiger partial charge is 0.316 e. The Balaban J connectivity index is 1.84. The molecule has 0 saturated carbocycles. The number of nitrogens with one attached hydrogen (secondary N) is 3. The summed E-state index contributed by atoms with van der Waals surface area (Å²) in [5.41, 5.74) is -0.970. The Labute approximate surface area is 135 Å². The third-order valence-electron chi connectivity index (χ3n) is 3.25. The van der Waals surface area contributed by atoms with Crippen molar-refractivity contribution < 1.29 is 8.42 Å². The van der Waals surface area contributed by atoms with E-state index in [9.17, 15) is 18.0 Å². The van der Waals surface area contributed by atoms with Crippen molar-refractivity contribution in [2.24, 2.45) is 0 Å². The number of aromatic nitrogens is 2. The number of H-pyrrole nitrogens is 2. The van der Waals surface area contributed by atoms with Crippen LogP contribution in [-0.2, 0) is 16.4 Å². The zero-order chi connectivity index (χ0) is 16.4. The van der Waals surface area contributed by atoms with Gasteiger partial charge < -0.3 is 9.97 Å². The summed E-state index contributed by atoms with van der Waals surface area (Å²) in [6.45, 7) is 0.281. The van der Waals surface area contributed by atoms with Gasteiger partial charge in [-0.05, 0) is 36.1 Å². The summed E-state index contributed by atoms with van der Waals surface area (Å²) in [5, 5.41) is 1.93. The number of hydrogen-bond acceptors (Lipinski definition) is 5. The molecule has 3 N–H and O–H groups in total. The third-order valence-corrected chi connectivity index (χ3v) is 5.64. The van der Waals surface area contributed by atoms with Crippen LogP contribution in [0, 0.1) is 0 Å². The van der Waals surface area contributed by atoms with Crippen molar-refractivity contribution in [3.63, 3.8) is 0 Å². The van der Waals surface area contributed by atoms with Gasteiger partial charge in [0.15, 0.2) is 0 Å². The Morgan fingerprint density at radius 2 is 1.78 bits per heavy atom. The topological polar surface area (TPSA) is 112 Å². The van der Waals surface area contributed by atoms with Gasteiger partial charge in [0.2, 0.25) is 10.0 Å². The molecule has 3 rings (SSSR count). The summed E-state index contributed by atoms with van der Waals surface area (Å²) < 4.78 is 27.1. The van der Waals surface area contributed by atoms with E-state index in [-0.39, 0.29) is 17.0 Å². The maximum Gasteiger partial charge on any atom is 0.314 e. The van der Waals surface area contributed by atoms with Crippen molar-refractivity contribution in [1.82, 2.24) is 14.7 Å². The van der Waals surface area contributed by atoms with Crippen molar-refractivity contribution in [1.29, 1.82) is 0 Å². The summed E-state index contributed by atoms with van der Waals surface area (Å²) >= 11 is 1.57. The standard InChI is InChI=1S/C14H13N3O4S2/c18-13-14(19)17-12-8-10(3-4-11(12)16-13)23(20,21)15-6-5-9-2-1-7-22-9/h1-4,7-8,15H,5-6H2,(H,16,18)(H,17,19). The van der Waals surface area contributed by atoms with Crippen LogP contribution < -0.4 is 15.8 Å². The number of fused-ring (bicyclic) bond motifs is 1. The molecule has 120 valence electrons. The second-order valence-electron chi connectivity index (χ2n) is 4.84. The fourth-order valence-corrected chi connectivity index (χ4v) is 3.87. The Morgan fingerprint density at radius 3 is 2.48 bits per heavy atom. The van der Waals surface area contributed by atoms with Crippen LogP contribution in [-0.4, -0.2) is 24.9 Å². The minimum absolute atomic E-state index is 0.0267. The van der Waals surface area contributed by atoms with Crippen molar-refractivity contribution >= 4 is 32.4 Å². The lowest BCUT2D eigenvalue weighted by Gasteiger charge is -2.07. The lowest BCUT2D eigenvalue weighted by Crippen LogP contribution is -2.29. The first-order chi connectivity index (χ1) is 11.0. The second-order valence-corrected chi connectivity index (χ2v) is 7.64. The molecule has 0 spiro atoms. The molecule has 23 heavy (non-hydrogen) atoms. The molecule has 0 bridgehead atoms. The van der Waals surface area contributed by atoms with E-state index >= 15 is 0 Å². The quantitative estimate of drug-likeness (QED) is 0.590.